The molecule has 2 aromatic carbocycles. The lowest BCUT2D eigenvalue weighted by molar-refractivity contribution is 0.310. The summed E-state index contributed by atoms with van der Waals surface area (Å²) in [4.78, 5) is 24.5. The minimum absolute atomic E-state index is 0.0243. The number of aryl methyl sites for hydroxylation is 1. The number of hydrogen-bond acceptors (Lipinski definition) is 3. The highest BCUT2D eigenvalue weighted by Crippen LogP contribution is 2.33. The lowest BCUT2D eigenvalue weighted by atomic mass is 10.1. The molecule has 7 nitrogen and oxygen atoms in total. The van der Waals surface area contributed by atoms with E-state index in [0.29, 0.717) is 31.7 Å². The molecule has 1 N–H and O–H groups in total. The summed E-state index contributed by atoms with van der Waals surface area (Å²) in [6.07, 6.45) is 3.17. The molecule has 0 fully saturated rings. The number of benzene rings is 2. The fourth-order valence-electron chi connectivity index (χ4n) is 5.08. The van der Waals surface area contributed by atoms with E-state index in [1.807, 2.05) is 0 Å². The van der Waals surface area contributed by atoms with E-state index >= 15 is 0 Å². The average Bonchev–Trinajstić information content (AvgIpc) is 3.33. The van der Waals surface area contributed by atoms with E-state index in [9.17, 15) is 32.3 Å². The molecule has 4 aromatic rings. The summed E-state index contributed by atoms with van der Waals surface area (Å²) >= 11 is 11.4. The highest BCUT2D eigenvalue weighted by Gasteiger charge is 2.27. The number of fused-ring (bicyclic) bond motifs is 2. The van der Waals surface area contributed by atoms with E-state index in [1.165, 1.54) is 24.8 Å². The minimum Gasteiger partial charge on any atom is -0.506 e. The van der Waals surface area contributed by atoms with Crippen molar-refractivity contribution >= 4 is 23.2 Å². The fraction of sp³-hybridized carbons (Fsp3) is 0.333. The molecule has 0 saturated carbocycles. The lowest BCUT2D eigenvalue weighted by Gasteiger charge is -2.16. The van der Waals surface area contributed by atoms with Gasteiger partial charge in [-0.2, -0.15) is 8.78 Å². The lowest BCUT2D eigenvalue weighted by Crippen LogP contribution is -2.27. The number of phenolic OH excluding ortho intramolecular Hbond substituents is 1. The molecule has 2 aliphatic heterocycles. The Hall–Kier alpha value is -3.44. The maximum absolute atomic E-state index is 14.4. The van der Waals surface area contributed by atoms with Crippen molar-refractivity contribution in [1.29, 1.82) is 0 Å². The van der Waals surface area contributed by atoms with E-state index in [4.69, 9.17) is 23.2 Å². The quantitative estimate of drug-likeness (QED) is 0.283. The smallest absolute Gasteiger partial charge is 0.277 e. The van der Waals surface area contributed by atoms with Crippen LogP contribution in [0.5, 0.6) is 5.75 Å². The van der Waals surface area contributed by atoms with Crippen molar-refractivity contribution in [3.63, 3.8) is 0 Å². The highest BCUT2D eigenvalue weighted by molar-refractivity contribution is 6.32. The van der Waals surface area contributed by atoms with Crippen LogP contribution in [0.1, 0.15) is 31.2 Å². The molecule has 6 rings (SSSR count). The van der Waals surface area contributed by atoms with Gasteiger partial charge in [-0.25, -0.2) is 18.1 Å². The van der Waals surface area contributed by atoms with Gasteiger partial charge in [-0.3, -0.25) is 19.0 Å². The average molecular weight is 599 g/mol. The van der Waals surface area contributed by atoms with Crippen molar-refractivity contribution in [2.24, 2.45) is 0 Å². The standard InChI is InChI=1S/C14H13ClF2N2O.C13H11ClF2N2O2/c1-8-6-9(11(16)7-10(8)15)12-13(17)18-4-2-3-5-19(18)14(12)20;14-8-6-9(15)7(5-10(8)19)11-12(16)17-3-1-2-4-18(17)13(11)20/h6-7H,2-5H2,1H3;5-6,19H,1-4H2. The zero-order valence-corrected chi connectivity index (χ0v) is 22.8. The normalized spacial score (nSPS) is 14.4. The topological polar surface area (TPSA) is 74.1 Å². The molecule has 0 spiro atoms. The third kappa shape index (κ3) is 4.75. The van der Waals surface area contributed by atoms with E-state index in [-0.39, 0.29) is 32.3 Å². The predicted octanol–water partition coefficient (Wildman–Crippen LogP) is 6.10. The van der Waals surface area contributed by atoms with Crippen molar-refractivity contribution < 1.29 is 22.7 Å². The number of hydrogen-bond donors (Lipinski definition) is 1. The third-order valence-corrected chi connectivity index (χ3v) is 7.86. The number of phenols is 1. The first-order chi connectivity index (χ1) is 19.0. The van der Waals surface area contributed by atoms with Gasteiger partial charge in [-0.15, -0.1) is 0 Å². The van der Waals surface area contributed by atoms with E-state index in [1.54, 1.807) is 6.92 Å². The van der Waals surface area contributed by atoms with Gasteiger partial charge in [0.15, 0.2) is 0 Å². The van der Waals surface area contributed by atoms with Crippen LogP contribution in [0.4, 0.5) is 17.6 Å². The molecule has 0 saturated heterocycles. The molecule has 0 unspecified atom stereocenters. The molecule has 212 valence electrons. The first kappa shape index (κ1) is 28.1. The second-order valence-electron chi connectivity index (χ2n) is 9.71. The van der Waals surface area contributed by atoms with Gasteiger partial charge in [0, 0.05) is 42.3 Å². The molecular weight excluding hydrogens is 575 g/mol. The van der Waals surface area contributed by atoms with Crippen LogP contribution >= 0.6 is 23.2 Å². The number of aromatic nitrogens is 4. The second-order valence-corrected chi connectivity index (χ2v) is 10.5. The van der Waals surface area contributed by atoms with E-state index in [0.717, 1.165) is 43.9 Å². The molecular formula is C27H24Cl2F4N4O3. The Balaban J connectivity index is 0.000000161. The Morgan fingerprint density at radius 2 is 1.05 bits per heavy atom. The highest BCUT2D eigenvalue weighted by atomic mass is 35.5. The van der Waals surface area contributed by atoms with Gasteiger partial charge in [0.05, 0.1) is 5.02 Å². The van der Waals surface area contributed by atoms with E-state index in [2.05, 4.69) is 0 Å². The maximum Gasteiger partial charge on any atom is 0.277 e. The van der Waals surface area contributed by atoms with Gasteiger partial charge in [0.1, 0.15) is 28.5 Å². The predicted molar refractivity (Wildman–Crippen MR) is 143 cm³/mol. The zero-order chi connectivity index (χ0) is 28.9. The molecule has 4 heterocycles. The van der Waals surface area contributed by atoms with Gasteiger partial charge in [-0.05, 0) is 62.4 Å². The molecule has 40 heavy (non-hydrogen) atoms. The number of aromatic hydroxyl groups is 1. The summed E-state index contributed by atoms with van der Waals surface area (Å²) in [5, 5.41) is 9.61. The van der Waals surface area contributed by atoms with Crippen molar-refractivity contribution in [2.45, 2.75) is 58.8 Å². The van der Waals surface area contributed by atoms with Crippen molar-refractivity contribution in [2.75, 3.05) is 0 Å². The Kier molecular flexibility index (Phi) is 7.62. The summed E-state index contributed by atoms with van der Waals surface area (Å²) in [6.45, 7) is 3.37. The summed E-state index contributed by atoms with van der Waals surface area (Å²) in [5.41, 5.74) is -1.34. The summed E-state index contributed by atoms with van der Waals surface area (Å²) in [7, 11) is 0. The molecule has 0 bridgehead atoms. The third-order valence-electron chi connectivity index (χ3n) is 7.15. The first-order valence-corrected chi connectivity index (χ1v) is 13.4. The van der Waals surface area contributed by atoms with Crippen LogP contribution in [0.2, 0.25) is 10.0 Å². The molecule has 0 amide bonds. The molecule has 2 aromatic heterocycles. The van der Waals surface area contributed by atoms with Crippen LogP contribution in [0.3, 0.4) is 0 Å². The van der Waals surface area contributed by atoms with Crippen LogP contribution in [0.15, 0.2) is 33.9 Å². The second kappa shape index (κ2) is 10.9. The summed E-state index contributed by atoms with van der Waals surface area (Å²) in [5.74, 6) is -3.37. The Labute approximate surface area is 235 Å². The Morgan fingerprint density at radius 1 is 0.650 bits per heavy atom. The molecule has 0 atom stereocenters. The molecule has 2 aliphatic rings. The van der Waals surface area contributed by atoms with Crippen LogP contribution in [0, 0.1) is 30.5 Å². The van der Waals surface area contributed by atoms with Crippen LogP contribution in [-0.2, 0) is 26.2 Å². The van der Waals surface area contributed by atoms with Crippen LogP contribution in [-0.4, -0.2) is 23.8 Å². The van der Waals surface area contributed by atoms with Crippen molar-refractivity contribution in [1.82, 2.24) is 18.7 Å². The number of nitrogens with zero attached hydrogens (tertiary/aromatic N) is 4. The van der Waals surface area contributed by atoms with Gasteiger partial charge < -0.3 is 5.11 Å². The number of rotatable bonds is 2. The van der Waals surface area contributed by atoms with Gasteiger partial charge in [0.25, 0.3) is 11.1 Å². The van der Waals surface area contributed by atoms with Crippen LogP contribution < -0.4 is 11.1 Å². The monoisotopic (exact) mass is 598 g/mol. The van der Waals surface area contributed by atoms with Crippen LogP contribution in [0.25, 0.3) is 22.3 Å². The summed E-state index contributed by atoms with van der Waals surface area (Å²) in [6, 6.07) is 4.38. The largest absolute Gasteiger partial charge is 0.506 e. The Bertz CT molecular complexity index is 1630. The summed E-state index contributed by atoms with van der Waals surface area (Å²) < 4.78 is 61.8. The maximum atomic E-state index is 14.4. The molecule has 13 heteroatoms. The van der Waals surface area contributed by atoms with Gasteiger partial charge >= 0.3 is 0 Å². The minimum atomic E-state index is -0.840. The van der Waals surface area contributed by atoms with E-state index < -0.39 is 40.4 Å². The molecule has 0 aliphatic carbocycles. The van der Waals surface area contributed by atoms with Gasteiger partial charge in [-0.1, -0.05) is 23.2 Å². The fourth-order valence-corrected chi connectivity index (χ4v) is 5.38. The first-order valence-electron chi connectivity index (χ1n) is 12.6. The molecule has 0 radical (unpaired) electrons. The Morgan fingerprint density at radius 3 is 1.50 bits per heavy atom. The zero-order valence-electron chi connectivity index (χ0n) is 21.3. The number of halogens is 6. The van der Waals surface area contributed by atoms with Crippen molar-refractivity contribution in [3.05, 3.63) is 84.1 Å². The SMILES string of the molecule is Cc1cc(-c2c(F)n3n(c2=O)CCCC3)c(F)cc1Cl.O=c1c(-c2cc(O)c(Cl)cc2F)c(F)n2n1CCCC2. The van der Waals surface area contributed by atoms with Crippen molar-refractivity contribution in [3.8, 4) is 28.0 Å². The van der Waals surface area contributed by atoms with Gasteiger partial charge in [0.2, 0.25) is 11.9 Å².